The van der Waals surface area contributed by atoms with Crippen LogP contribution >= 0.6 is 11.6 Å². The molecule has 0 aliphatic heterocycles. The fraction of sp³-hybridized carbons (Fsp3) is 0.385. The largest absolute Gasteiger partial charge is 0.419 e. The zero-order chi connectivity index (χ0) is 45.1. The lowest BCUT2D eigenvalue weighted by molar-refractivity contribution is -0.138. The van der Waals surface area contributed by atoms with Crippen molar-refractivity contribution in [1.29, 1.82) is 0 Å². The second-order valence-corrected chi connectivity index (χ2v) is 13.5. The van der Waals surface area contributed by atoms with Crippen molar-refractivity contribution in [3.8, 4) is 11.4 Å². The number of hydrogen-bond acceptors (Lipinski definition) is 13. The SMILES string of the molecule is C.C.Cc1ccc(-n2nccn2)c(C(=O)N(C)[C@@H](C)CCc2ncc(C(F)(F)F)cn2)n1.Cc1ccc(-n2nccn2)c(C(=O)N(C)[C@@H](C)CN)n1.FC(F)(F)c1cnc(Cl)nc1. The Morgan fingerprint density at radius 1 is 0.667 bits per heavy atom. The fourth-order valence-electron chi connectivity index (χ4n) is 4.93. The molecule has 6 aromatic rings. The Balaban J connectivity index is 0.000000356. The number of amides is 2. The molecule has 6 rings (SSSR count). The van der Waals surface area contributed by atoms with Gasteiger partial charge in [-0.15, -0.1) is 9.59 Å². The molecule has 340 valence electrons. The van der Waals surface area contributed by atoms with Gasteiger partial charge in [0.15, 0.2) is 11.4 Å². The first-order valence-corrected chi connectivity index (χ1v) is 18.4. The summed E-state index contributed by atoms with van der Waals surface area (Å²) in [6.07, 6.45) is 0.843. The van der Waals surface area contributed by atoms with Crippen LogP contribution in [0.4, 0.5) is 26.3 Å². The third-order valence-corrected chi connectivity index (χ3v) is 8.97. The van der Waals surface area contributed by atoms with Crippen LogP contribution < -0.4 is 5.73 Å². The van der Waals surface area contributed by atoms with Crippen molar-refractivity contribution in [2.75, 3.05) is 20.6 Å². The van der Waals surface area contributed by atoms with Crippen LogP contribution in [0.15, 0.2) is 73.8 Å². The van der Waals surface area contributed by atoms with Crippen LogP contribution in [0.5, 0.6) is 0 Å². The van der Waals surface area contributed by atoms with Gasteiger partial charge in [0.1, 0.15) is 17.2 Å². The highest BCUT2D eigenvalue weighted by molar-refractivity contribution is 6.28. The van der Waals surface area contributed by atoms with Gasteiger partial charge in [0.25, 0.3) is 11.8 Å². The number of nitrogens with zero attached hydrogens (tertiary/aromatic N) is 14. The van der Waals surface area contributed by atoms with Crippen LogP contribution in [-0.4, -0.2) is 114 Å². The van der Waals surface area contributed by atoms with Crippen molar-refractivity contribution in [2.24, 2.45) is 5.73 Å². The van der Waals surface area contributed by atoms with Crippen molar-refractivity contribution in [1.82, 2.24) is 69.7 Å². The molecule has 0 unspecified atom stereocenters. The lowest BCUT2D eigenvalue weighted by Gasteiger charge is -2.25. The third-order valence-electron chi connectivity index (χ3n) is 8.77. The Hall–Kier alpha value is -6.49. The molecule has 24 heteroatoms. The van der Waals surface area contributed by atoms with E-state index in [9.17, 15) is 35.9 Å². The molecule has 0 radical (unpaired) electrons. The monoisotopic (exact) mass is 907 g/mol. The van der Waals surface area contributed by atoms with Crippen LogP contribution in [0.1, 0.15) is 84.4 Å². The zero-order valence-electron chi connectivity index (χ0n) is 33.5. The van der Waals surface area contributed by atoms with Crippen LogP contribution in [-0.2, 0) is 18.8 Å². The van der Waals surface area contributed by atoms with E-state index in [-0.39, 0.29) is 55.6 Å². The van der Waals surface area contributed by atoms with Crippen molar-refractivity contribution in [3.05, 3.63) is 119 Å². The highest BCUT2D eigenvalue weighted by Gasteiger charge is 2.32. The van der Waals surface area contributed by atoms with E-state index >= 15 is 0 Å². The maximum Gasteiger partial charge on any atom is 0.419 e. The molecule has 0 fully saturated rings. The predicted molar refractivity (Wildman–Crippen MR) is 221 cm³/mol. The van der Waals surface area contributed by atoms with Crippen molar-refractivity contribution in [3.63, 3.8) is 0 Å². The molecule has 2 amide bonds. The molecule has 0 spiro atoms. The van der Waals surface area contributed by atoms with E-state index in [1.54, 1.807) is 56.5 Å². The Bertz CT molecular complexity index is 2330. The molecule has 17 nitrogen and oxygen atoms in total. The average molecular weight is 908 g/mol. The number of carbonyl (C=O) groups is 2. The maximum atomic E-state index is 13.1. The number of halogens is 7. The molecular weight excluding hydrogens is 860 g/mol. The van der Waals surface area contributed by atoms with Crippen molar-refractivity contribution in [2.45, 2.75) is 79.8 Å². The number of hydrogen-bond donors (Lipinski definition) is 1. The second kappa shape index (κ2) is 23.1. The van der Waals surface area contributed by atoms with Crippen LogP contribution in [0.3, 0.4) is 0 Å². The smallest absolute Gasteiger partial charge is 0.338 e. The molecule has 2 atom stereocenters. The van der Waals surface area contributed by atoms with Gasteiger partial charge in [-0.05, 0) is 70.0 Å². The molecule has 0 saturated heterocycles. The maximum absolute atomic E-state index is 13.1. The highest BCUT2D eigenvalue weighted by Crippen LogP contribution is 2.29. The minimum Gasteiger partial charge on any atom is -0.338 e. The second-order valence-electron chi connectivity index (χ2n) is 13.2. The normalized spacial score (nSPS) is 11.9. The summed E-state index contributed by atoms with van der Waals surface area (Å²) in [4.78, 5) is 54.0. The van der Waals surface area contributed by atoms with Gasteiger partial charge < -0.3 is 15.5 Å². The van der Waals surface area contributed by atoms with E-state index in [0.717, 1.165) is 18.1 Å². The average Bonchev–Trinajstić information content (AvgIpc) is 3.98. The van der Waals surface area contributed by atoms with Gasteiger partial charge in [0.2, 0.25) is 5.28 Å². The van der Waals surface area contributed by atoms with Crippen LogP contribution in [0, 0.1) is 13.8 Å². The van der Waals surface area contributed by atoms with Crippen LogP contribution in [0.25, 0.3) is 11.4 Å². The summed E-state index contributed by atoms with van der Waals surface area (Å²) < 4.78 is 73.2. The molecule has 0 aliphatic rings. The predicted octanol–water partition coefficient (Wildman–Crippen LogP) is 6.68. The van der Waals surface area contributed by atoms with E-state index in [1.165, 1.54) is 26.9 Å². The summed E-state index contributed by atoms with van der Waals surface area (Å²) in [5.74, 6) is -0.225. The van der Waals surface area contributed by atoms with Gasteiger partial charge in [-0.1, -0.05) is 14.9 Å². The summed E-state index contributed by atoms with van der Waals surface area (Å²) in [7, 11) is 3.36. The van der Waals surface area contributed by atoms with E-state index in [0.29, 0.717) is 54.5 Å². The molecule has 0 aliphatic carbocycles. The standard InChI is InChI=1S/C19H20F3N7O.C13H18N6O.C5H2ClF3N2.2CH4/c1-12-4-6-15(29-25-8-9-26-29)17(27-12)18(30)28(3)13(2)5-7-16-23-10-14(11-24-16)19(20,21)22;1-9-4-5-11(19-15-6-7-16-19)12(17-9)13(20)18(3)10(2)8-14;6-4-10-1-3(2-11-4)5(7,8)9;;/h4,6,8-11,13H,5,7H2,1-3H3;4-7,10H,8,14H2,1-3H3;1-2H;2*1H4/t13-;10-;;;/m00.../s1. The summed E-state index contributed by atoms with van der Waals surface area (Å²) >= 11 is 5.17. The van der Waals surface area contributed by atoms with Crippen LogP contribution in [0.2, 0.25) is 5.28 Å². The number of nitrogens with two attached hydrogens (primary N) is 1. The van der Waals surface area contributed by atoms with Gasteiger partial charge in [0, 0.05) is 75.3 Å². The number of aromatic nitrogens is 12. The lowest BCUT2D eigenvalue weighted by atomic mass is 10.1. The Morgan fingerprint density at radius 2 is 1.03 bits per heavy atom. The van der Waals surface area contributed by atoms with Crippen molar-refractivity contribution < 1.29 is 35.9 Å². The molecule has 2 N–H and O–H groups in total. The number of rotatable bonds is 10. The van der Waals surface area contributed by atoms with Gasteiger partial charge in [-0.3, -0.25) is 9.59 Å². The first-order chi connectivity index (χ1) is 28.7. The number of pyridine rings is 2. The Kier molecular flexibility index (Phi) is 19.3. The minimum atomic E-state index is -4.47. The molecule has 0 saturated carbocycles. The third kappa shape index (κ3) is 14.6. The first-order valence-electron chi connectivity index (χ1n) is 18.1. The van der Waals surface area contributed by atoms with Gasteiger partial charge in [-0.25, -0.2) is 29.9 Å². The molecule has 6 heterocycles. The molecule has 0 bridgehead atoms. The van der Waals surface area contributed by atoms with Gasteiger partial charge in [-0.2, -0.15) is 46.7 Å². The van der Waals surface area contributed by atoms with Gasteiger partial charge in [0.05, 0.1) is 35.9 Å². The zero-order valence-corrected chi connectivity index (χ0v) is 34.3. The topological polar surface area (TPSA) is 205 Å². The highest BCUT2D eigenvalue weighted by atomic mass is 35.5. The Morgan fingerprint density at radius 3 is 1.40 bits per heavy atom. The molecule has 6 aromatic heterocycles. The Labute approximate surface area is 364 Å². The van der Waals surface area contributed by atoms with E-state index in [2.05, 4.69) is 50.3 Å². The number of likely N-dealkylation sites (N-methyl/N-ethyl adjacent to an activating group) is 1. The van der Waals surface area contributed by atoms with Crippen molar-refractivity contribution >= 4 is 23.4 Å². The summed E-state index contributed by atoms with van der Waals surface area (Å²) in [5.41, 5.74) is 6.80. The van der Waals surface area contributed by atoms with Gasteiger partial charge >= 0.3 is 12.4 Å². The van der Waals surface area contributed by atoms with E-state index in [1.807, 2.05) is 26.8 Å². The first kappa shape index (κ1) is 52.6. The lowest BCUT2D eigenvalue weighted by Crippen LogP contribution is -2.40. The molecule has 63 heavy (non-hydrogen) atoms. The molecule has 0 aromatic carbocycles. The fourth-order valence-corrected chi connectivity index (χ4v) is 5.03. The summed E-state index contributed by atoms with van der Waals surface area (Å²) in [5, 5.41) is 16.0. The number of carbonyl (C=O) groups excluding carboxylic acids is 2. The summed E-state index contributed by atoms with van der Waals surface area (Å²) in [6.45, 7) is 7.73. The van der Waals surface area contributed by atoms with E-state index in [4.69, 9.17) is 17.3 Å². The molecular formula is C39H48ClF6N15O2. The summed E-state index contributed by atoms with van der Waals surface area (Å²) in [6, 6.07) is 6.80. The number of aryl methyl sites for hydroxylation is 3. The number of alkyl halides is 6. The van der Waals surface area contributed by atoms with E-state index < -0.39 is 23.5 Å². The quantitative estimate of drug-likeness (QED) is 0.113. The minimum absolute atomic E-state index is 0.